The van der Waals surface area contributed by atoms with Gasteiger partial charge < -0.3 is 4.57 Å². The SMILES string of the molecule is N#C/C(=C\c1cn(Cc2ccccc2C#N)c2ccccc12)c1ccc(Cl)c(Cl)c1. The standard InChI is InChI=1S/C25H15Cl2N3/c26-23-10-9-17(12-24(23)27)20(14-29)11-21-16-30(25-8-4-3-7-22(21)25)15-19-6-2-1-5-18(19)13-28/h1-12,16H,15H2/b20-11+. The third kappa shape index (κ3) is 3.82. The smallest absolute Gasteiger partial charge is 0.0998 e. The molecule has 0 aliphatic rings. The molecule has 0 N–H and O–H groups in total. The second-order valence-electron chi connectivity index (χ2n) is 6.80. The van der Waals surface area contributed by atoms with Crippen molar-refractivity contribution in [3.8, 4) is 12.1 Å². The topological polar surface area (TPSA) is 52.5 Å². The molecule has 0 fully saturated rings. The molecule has 0 spiro atoms. The number of benzene rings is 3. The molecule has 0 saturated carbocycles. The Balaban J connectivity index is 1.82. The minimum absolute atomic E-state index is 0.408. The van der Waals surface area contributed by atoms with Gasteiger partial charge >= 0.3 is 0 Å². The fourth-order valence-corrected chi connectivity index (χ4v) is 3.77. The van der Waals surface area contributed by atoms with Gasteiger partial charge in [-0.05, 0) is 41.5 Å². The molecule has 4 aromatic rings. The number of fused-ring (bicyclic) bond motifs is 1. The van der Waals surface area contributed by atoms with Crippen LogP contribution in [0, 0.1) is 22.7 Å². The molecule has 0 amide bonds. The first-order valence-corrected chi connectivity index (χ1v) is 9.99. The summed E-state index contributed by atoms with van der Waals surface area (Å²) >= 11 is 12.1. The minimum Gasteiger partial charge on any atom is -0.342 e. The molecular formula is C25H15Cl2N3. The van der Waals surface area contributed by atoms with Crippen molar-refractivity contribution in [1.82, 2.24) is 4.57 Å². The van der Waals surface area contributed by atoms with E-state index in [2.05, 4.69) is 16.7 Å². The van der Waals surface area contributed by atoms with E-state index in [1.807, 2.05) is 60.8 Å². The highest BCUT2D eigenvalue weighted by Crippen LogP contribution is 2.30. The number of hydrogen-bond donors (Lipinski definition) is 0. The summed E-state index contributed by atoms with van der Waals surface area (Å²) in [6.45, 7) is 0.562. The molecule has 5 heteroatoms. The maximum Gasteiger partial charge on any atom is 0.0998 e. The summed E-state index contributed by atoms with van der Waals surface area (Å²) in [6, 6.07) is 25.3. The van der Waals surface area contributed by atoms with Gasteiger partial charge in [0.25, 0.3) is 0 Å². The Morgan fingerprint density at radius 1 is 0.933 bits per heavy atom. The molecule has 144 valence electrons. The Hall–Kier alpha value is -3.50. The molecule has 0 radical (unpaired) electrons. The third-order valence-corrected chi connectivity index (χ3v) is 5.69. The quantitative estimate of drug-likeness (QED) is 0.331. The van der Waals surface area contributed by atoms with Gasteiger partial charge in [0.1, 0.15) is 0 Å². The van der Waals surface area contributed by atoms with E-state index >= 15 is 0 Å². The number of nitrogens with zero attached hydrogens (tertiary/aromatic N) is 3. The van der Waals surface area contributed by atoms with Crippen molar-refractivity contribution in [2.24, 2.45) is 0 Å². The summed E-state index contributed by atoms with van der Waals surface area (Å²) in [4.78, 5) is 0. The van der Waals surface area contributed by atoms with Gasteiger partial charge in [-0.1, -0.05) is 65.7 Å². The van der Waals surface area contributed by atoms with Crippen molar-refractivity contribution < 1.29 is 0 Å². The Kier molecular flexibility index (Phi) is 5.59. The zero-order chi connectivity index (χ0) is 21.1. The van der Waals surface area contributed by atoms with Gasteiger partial charge in [0.2, 0.25) is 0 Å². The average molecular weight is 428 g/mol. The average Bonchev–Trinajstić information content (AvgIpc) is 3.11. The van der Waals surface area contributed by atoms with Gasteiger partial charge in [0, 0.05) is 29.2 Å². The first-order valence-electron chi connectivity index (χ1n) is 9.24. The summed E-state index contributed by atoms with van der Waals surface area (Å²) in [5.41, 5.74) is 4.75. The Morgan fingerprint density at radius 2 is 1.70 bits per heavy atom. The predicted octanol–water partition coefficient (Wildman–Crippen LogP) is 6.93. The monoisotopic (exact) mass is 427 g/mol. The highest BCUT2D eigenvalue weighted by Gasteiger charge is 2.11. The lowest BCUT2D eigenvalue weighted by Gasteiger charge is -2.07. The summed E-state index contributed by atoms with van der Waals surface area (Å²) in [7, 11) is 0. The number of hydrogen-bond acceptors (Lipinski definition) is 2. The second-order valence-corrected chi connectivity index (χ2v) is 7.61. The summed E-state index contributed by atoms with van der Waals surface area (Å²) in [5.74, 6) is 0. The van der Waals surface area contributed by atoms with Gasteiger partial charge in [-0.15, -0.1) is 0 Å². The van der Waals surface area contributed by atoms with Gasteiger partial charge in [-0.25, -0.2) is 0 Å². The van der Waals surface area contributed by atoms with Crippen molar-refractivity contribution in [2.75, 3.05) is 0 Å². The Morgan fingerprint density at radius 3 is 2.47 bits per heavy atom. The molecule has 4 rings (SSSR count). The second kappa shape index (κ2) is 8.47. The van der Waals surface area contributed by atoms with E-state index in [0.29, 0.717) is 33.3 Å². The molecule has 0 bridgehead atoms. The fraction of sp³-hybridized carbons (Fsp3) is 0.0400. The van der Waals surface area contributed by atoms with E-state index in [9.17, 15) is 10.5 Å². The molecule has 1 aromatic heterocycles. The Labute approximate surface area is 184 Å². The van der Waals surface area contributed by atoms with Crippen LogP contribution in [0.1, 0.15) is 22.3 Å². The van der Waals surface area contributed by atoms with Crippen LogP contribution in [0.4, 0.5) is 0 Å². The van der Waals surface area contributed by atoms with E-state index in [-0.39, 0.29) is 0 Å². The third-order valence-electron chi connectivity index (χ3n) is 4.95. The number of allylic oxidation sites excluding steroid dienone is 1. The highest BCUT2D eigenvalue weighted by atomic mass is 35.5. The molecule has 0 unspecified atom stereocenters. The highest BCUT2D eigenvalue weighted by molar-refractivity contribution is 6.42. The minimum atomic E-state index is 0.408. The number of aromatic nitrogens is 1. The van der Waals surface area contributed by atoms with Crippen LogP contribution in [0.2, 0.25) is 10.0 Å². The molecule has 30 heavy (non-hydrogen) atoms. The number of para-hydroxylation sites is 1. The van der Waals surface area contributed by atoms with Crippen molar-refractivity contribution in [2.45, 2.75) is 6.54 Å². The van der Waals surface area contributed by atoms with Crippen molar-refractivity contribution in [3.05, 3.63) is 105 Å². The normalized spacial score (nSPS) is 11.3. The van der Waals surface area contributed by atoms with Gasteiger partial charge in [-0.2, -0.15) is 10.5 Å². The van der Waals surface area contributed by atoms with E-state index in [1.165, 1.54) is 0 Å². The van der Waals surface area contributed by atoms with Crippen LogP contribution in [-0.4, -0.2) is 4.57 Å². The molecule has 3 aromatic carbocycles. The molecule has 3 nitrogen and oxygen atoms in total. The van der Waals surface area contributed by atoms with Crippen LogP contribution >= 0.6 is 23.2 Å². The largest absolute Gasteiger partial charge is 0.342 e. The maximum absolute atomic E-state index is 9.75. The van der Waals surface area contributed by atoms with E-state index in [0.717, 1.165) is 22.0 Å². The van der Waals surface area contributed by atoms with Crippen LogP contribution in [0.25, 0.3) is 22.6 Å². The number of rotatable bonds is 4. The van der Waals surface area contributed by atoms with Gasteiger partial charge in [-0.3, -0.25) is 0 Å². The number of nitriles is 2. The zero-order valence-corrected chi connectivity index (χ0v) is 17.3. The lowest BCUT2D eigenvalue weighted by Crippen LogP contribution is -2.00. The van der Waals surface area contributed by atoms with Crippen LogP contribution in [0.15, 0.2) is 72.9 Å². The molecule has 0 atom stereocenters. The summed E-state index contributed by atoms with van der Waals surface area (Å²) < 4.78 is 2.10. The van der Waals surface area contributed by atoms with Crippen LogP contribution in [0.5, 0.6) is 0 Å². The van der Waals surface area contributed by atoms with Crippen LogP contribution in [-0.2, 0) is 6.54 Å². The van der Waals surface area contributed by atoms with Gasteiger partial charge in [0.05, 0.1) is 33.3 Å². The van der Waals surface area contributed by atoms with E-state index < -0.39 is 0 Å². The molecular weight excluding hydrogens is 413 g/mol. The Bertz CT molecular complexity index is 1370. The van der Waals surface area contributed by atoms with Crippen molar-refractivity contribution in [3.63, 3.8) is 0 Å². The lowest BCUT2D eigenvalue weighted by molar-refractivity contribution is 0.833. The molecule has 0 aliphatic carbocycles. The molecule has 0 saturated heterocycles. The fourth-order valence-electron chi connectivity index (χ4n) is 3.47. The summed E-state index contributed by atoms with van der Waals surface area (Å²) in [6.07, 6.45) is 3.86. The maximum atomic E-state index is 9.75. The van der Waals surface area contributed by atoms with E-state index in [1.54, 1.807) is 18.2 Å². The van der Waals surface area contributed by atoms with Crippen LogP contribution < -0.4 is 0 Å². The van der Waals surface area contributed by atoms with Crippen molar-refractivity contribution in [1.29, 1.82) is 10.5 Å². The zero-order valence-electron chi connectivity index (χ0n) is 15.8. The van der Waals surface area contributed by atoms with Gasteiger partial charge in [0.15, 0.2) is 0 Å². The summed E-state index contributed by atoms with van der Waals surface area (Å²) in [5, 5.41) is 21.0. The molecule has 0 aliphatic heterocycles. The van der Waals surface area contributed by atoms with Crippen molar-refractivity contribution >= 4 is 45.8 Å². The van der Waals surface area contributed by atoms with E-state index in [4.69, 9.17) is 23.2 Å². The first-order chi connectivity index (χ1) is 14.6. The molecule has 1 heterocycles. The predicted molar refractivity (Wildman–Crippen MR) is 122 cm³/mol. The lowest BCUT2D eigenvalue weighted by atomic mass is 10.0. The first kappa shape index (κ1) is 19.8. The number of halogens is 2. The van der Waals surface area contributed by atoms with Crippen LogP contribution in [0.3, 0.4) is 0 Å².